The van der Waals surface area contributed by atoms with Gasteiger partial charge in [-0.05, 0) is 30.5 Å². The molecule has 2 amide bonds. The van der Waals surface area contributed by atoms with Crippen molar-refractivity contribution in [2.75, 3.05) is 44.3 Å². The molecule has 1 N–H and O–H groups in total. The Morgan fingerprint density at radius 2 is 2.00 bits per heavy atom. The molecule has 0 bridgehead atoms. The number of nitrogens with zero attached hydrogens (tertiary/aromatic N) is 3. The highest BCUT2D eigenvalue weighted by Gasteiger charge is 2.22. The largest absolute Gasteiger partial charge is 0.378 e. The van der Waals surface area contributed by atoms with Crippen LogP contribution in [0.25, 0.3) is 0 Å². The van der Waals surface area contributed by atoms with Crippen LogP contribution in [-0.2, 0) is 11.3 Å². The molecule has 0 spiro atoms. The molecule has 0 aliphatic carbocycles. The van der Waals surface area contributed by atoms with E-state index in [4.69, 9.17) is 10.00 Å². The predicted octanol–water partition coefficient (Wildman–Crippen LogP) is 2.11. The number of carbonyl (C=O) groups excluding carboxylic acids is 1. The molecule has 1 aromatic rings. The van der Waals surface area contributed by atoms with Crippen LogP contribution in [0.5, 0.6) is 0 Å². The molecule has 0 saturated carbocycles. The van der Waals surface area contributed by atoms with Crippen molar-refractivity contribution in [3.05, 3.63) is 29.6 Å². The molecule has 134 valence electrons. The highest BCUT2D eigenvalue weighted by molar-refractivity contribution is 5.74. The Hall–Kier alpha value is -2.33. The van der Waals surface area contributed by atoms with Gasteiger partial charge in [0.05, 0.1) is 25.0 Å². The number of carbonyl (C=O) groups is 1. The molecular weight excluding hydrogens is 323 g/mol. The number of nitrogens with one attached hydrogen (secondary N) is 1. The molecule has 1 aromatic carbocycles. The minimum atomic E-state index is -0.275. The fraction of sp³-hybridized carbons (Fsp3) is 0.556. The summed E-state index contributed by atoms with van der Waals surface area (Å²) in [6.07, 6.45) is 1.43. The number of anilines is 1. The summed E-state index contributed by atoms with van der Waals surface area (Å²) in [5.41, 5.74) is 1.31. The van der Waals surface area contributed by atoms with Gasteiger partial charge in [0.1, 0.15) is 5.82 Å². The van der Waals surface area contributed by atoms with Crippen LogP contribution in [-0.4, -0.2) is 50.3 Å². The first-order valence-corrected chi connectivity index (χ1v) is 8.71. The van der Waals surface area contributed by atoms with E-state index in [1.54, 1.807) is 11.0 Å². The number of rotatable bonds is 3. The zero-order chi connectivity index (χ0) is 17.6. The normalized spacial score (nSPS) is 18.7. The highest BCUT2D eigenvalue weighted by atomic mass is 19.1. The van der Waals surface area contributed by atoms with Gasteiger partial charge in [0.25, 0.3) is 0 Å². The molecule has 7 heteroatoms. The van der Waals surface area contributed by atoms with Gasteiger partial charge in [-0.1, -0.05) is 6.07 Å². The Morgan fingerprint density at radius 1 is 1.28 bits per heavy atom. The highest BCUT2D eigenvalue weighted by Crippen LogP contribution is 2.22. The predicted molar refractivity (Wildman–Crippen MR) is 91.6 cm³/mol. The third-order valence-corrected chi connectivity index (χ3v) is 4.77. The van der Waals surface area contributed by atoms with Crippen LogP contribution in [0.1, 0.15) is 18.4 Å². The summed E-state index contributed by atoms with van der Waals surface area (Å²) in [5, 5.41) is 11.7. The fourth-order valence-corrected chi connectivity index (χ4v) is 3.22. The van der Waals surface area contributed by atoms with E-state index in [9.17, 15) is 9.18 Å². The number of morpholine rings is 1. The van der Waals surface area contributed by atoms with E-state index in [0.717, 1.165) is 5.56 Å². The van der Waals surface area contributed by atoms with E-state index in [2.05, 4.69) is 11.4 Å². The smallest absolute Gasteiger partial charge is 0.317 e. The van der Waals surface area contributed by atoms with Crippen LogP contribution >= 0.6 is 0 Å². The van der Waals surface area contributed by atoms with Gasteiger partial charge in [-0.3, -0.25) is 0 Å². The summed E-state index contributed by atoms with van der Waals surface area (Å²) in [5.74, 6) is -0.227. The molecule has 2 heterocycles. The number of halogens is 1. The summed E-state index contributed by atoms with van der Waals surface area (Å²) in [4.78, 5) is 15.9. The van der Waals surface area contributed by atoms with E-state index in [0.29, 0.717) is 57.9 Å². The summed E-state index contributed by atoms with van der Waals surface area (Å²) in [6.45, 7) is 4.07. The molecule has 6 nitrogen and oxygen atoms in total. The maximum atomic E-state index is 14.4. The van der Waals surface area contributed by atoms with Crippen LogP contribution in [0.3, 0.4) is 0 Å². The molecule has 0 atom stereocenters. The molecule has 3 rings (SSSR count). The van der Waals surface area contributed by atoms with Crippen LogP contribution in [0, 0.1) is 23.1 Å². The van der Waals surface area contributed by atoms with Crippen LogP contribution < -0.4 is 10.2 Å². The Morgan fingerprint density at radius 3 is 2.64 bits per heavy atom. The van der Waals surface area contributed by atoms with Gasteiger partial charge in [0.15, 0.2) is 0 Å². The minimum Gasteiger partial charge on any atom is -0.378 e. The van der Waals surface area contributed by atoms with Gasteiger partial charge in [-0.15, -0.1) is 0 Å². The lowest BCUT2D eigenvalue weighted by molar-refractivity contribution is 0.122. The van der Waals surface area contributed by atoms with Crippen molar-refractivity contribution in [3.63, 3.8) is 0 Å². The van der Waals surface area contributed by atoms with E-state index in [-0.39, 0.29) is 24.3 Å². The van der Waals surface area contributed by atoms with Gasteiger partial charge in [0.2, 0.25) is 0 Å². The fourth-order valence-electron chi connectivity index (χ4n) is 3.22. The molecule has 2 aliphatic rings. The summed E-state index contributed by atoms with van der Waals surface area (Å²) in [7, 11) is 0. The molecule has 2 saturated heterocycles. The number of urea groups is 1. The molecule has 0 unspecified atom stereocenters. The lowest BCUT2D eigenvalue weighted by atomic mass is 9.99. The number of nitriles is 1. The zero-order valence-corrected chi connectivity index (χ0v) is 14.2. The number of likely N-dealkylation sites (tertiary alicyclic amines) is 1. The monoisotopic (exact) mass is 346 g/mol. The lowest BCUT2D eigenvalue weighted by Gasteiger charge is -2.30. The standard InChI is InChI=1S/C18H23FN4O2/c19-16-11-15(1-2-17(16)22-7-9-25-10-8-22)13-21-18(24)23-5-3-14(12-20)4-6-23/h1-2,11,14H,3-10,13H2,(H,21,24). The average molecular weight is 346 g/mol. The Labute approximate surface area is 147 Å². The third kappa shape index (κ3) is 4.40. The summed E-state index contributed by atoms with van der Waals surface area (Å²) >= 11 is 0. The number of hydrogen-bond donors (Lipinski definition) is 1. The summed E-state index contributed by atoms with van der Waals surface area (Å²) in [6, 6.07) is 7.18. The second kappa shape index (κ2) is 8.17. The third-order valence-electron chi connectivity index (χ3n) is 4.77. The number of benzene rings is 1. The summed E-state index contributed by atoms with van der Waals surface area (Å²) < 4.78 is 19.6. The molecule has 0 radical (unpaired) electrons. The molecule has 2 aliphatic heterocycles. The van der Waals surface area contributed by atoms with Crippen LogP contribution in [0.15, 0.2) is 18.2 Å². The first-order chi connectivity index (χ1) is 12.2. The van der Waals surface area contributed by atoms with Crippen molar-refractivity contribution < 1.29 is 13.9 Å². The number of amides is 2. The maximum Gasteiger partial charge on any atom is 0.317 e. The minimum absolute atomic E-state index is 0.0471. The van der Waals surface area contributed by atoms with Crippen molar-refractivity contribution in [1.29, 1.82) is 5.26 Å². The van der Waals surface area contributed by atoms with Crippen molar-refractivity contribution in [1.82, 2.24) is 10.2 Å². The van der Waals surface area contributed by atoms with Gasteiger partial charge in [0, 0.05) is 38.6 Å². The van der Waals surface area contributed by atoms with Crippen LogP contribution in [0.4, 0.5) is 14.9 Å². The number of piperidine rings is 1. The number of ether oxygens (including phenoxy) is 1. The molecular formula is C18H23FN4O2. The van der Waals surface area contributed by atoms with E-state index in [1.165, 1.54) is 6.07 Å². The number of hydrogen-bond acceptors (Lipinski definition) is 4. The Kier molecular flexibility index (Phi) is 5.71. The second-order valence-corrected chi connectivity index (χ2v) is 6.43. The topological polar surface area (TPSA) is 68.6 Å². The van der Waals surface area contributed by atoms with Gasteiger partial charge < -0.3 is 19.9 Å². The Balaban J connectivity index is 1.52. The van der Waals surface area contributed by atoms with E-state index in [1.807, 2.05) is 11.0 Å². The van der Waals surface area contributed by atoms with E-state index < -0.39 is 0 Å². The second-order valence-electron chi connectivity index (χ2n) is 6.43. The molecule has 2 fully saturated rings. The molecule has 0 aromatic heterocycles. The maximum absolute atomic E-state index is 14.4. The first-order valence-electron chi connectivity index (χ1n) is 8.71. The molecule has 25 heavy (non-hydrogen) atoms. The van der Waals surface area contributed by atoms with Gasteiger partial charge >= 0.3 is 6.03 Å². The lowest BCUT2D eigenvalue weighted by Crippen LogP contribution is -2.44. The average Bonchev–Trinajstić information content (AvgIpc) is 2.67. The zero-order valence-electron chi connectivity index (χ0n) is 14.2. The quantitative estimate of drug-likeness (QED) is 0.910. The van der Waals surface area contributed by atoms with Gasteiger partial charge in [-0.25, -0.2) is 9.18 Å². The van der Waals surface area contributed by atoms with E-state index >= 15 is 0 Å². The van der Waals surface area contributed by atoms with Crippen molar-refractivity contribution in [3.8, 4) is 6.07 Å². The van der Waals surface area contributed by atoms with Gasteiger partial charge in [-0.2, -0.15) is 5.26 Å². The van der Waals surface area contributed by atoms with Crippen molar-refractivity contribution in [2.45, 2.75) is 19.4 Å². The van der Waals surface area contributed by atoms with Crippen molar-refractivity contribution in [2.24, 2.45) is 5.92 Å². The Bertz CT molecular complexity index is 647. The first kappa shape index (κ1) is 17.5. The van der Waals surface area contributed by atoms with Crippen LogP contribution in [0.2, 0.25) is 0 Å². The SMILES string of the molecule is N#CC1CCN(C(=O)NCc2ccc(N3CCOCC3)c(F)c2)CC1. The van der Waals surface area contributed by atoms with Crippen molar-refractivity contribution >= 4 is 11.7 Å².